The monoisotopic (exact) mass is 400 g/mol. The number of rotatable bonds is 2. The van der Waals surface area contributed by atoms with Gasteiger partial charge in [-0.25, -0.2) is 18.6 Å². The van der Waals surface area contributed by atoms with Gasteiger partial charge in [-0.05, 0) is 24.3 Å². The van der Waals surface area contributed by atoms with Gasteiger partial charge in [0.1, 0.15) is 0 Å². The third-order valence-electron chi connectivity index (χ3n) is 4.24. The zero-order chi connectivity index (χ0) is 20.0. The van der Waals surface area contributed by atoms with E-state index in [0.29, 0.717) is 11.1 Å². The number of fused-ring (bicyclic) bond motifs is 1. The van der Waals surface area contributed by atoms with Crippen LogP contribution in [0.25, 0.3) is 17.0 Å². The molecule has 3 aromatic rings. The van der Waals surface area contributed by atoms with Gasteiger partial charge in [0.2, 0.25) is 11.8 Å². The average Bonchev–Trinajstić information content (AvgIpc) is 3.20. The van der Waals surface area contributed by atoms with Gasteiger partial charge in [-0.2, -0.15) is 0 Å². The minimum absolute atomic E-state index is 0.0384. The molecule has 2 aromatic carbocycles. The Morgan fingerprint density at radius 2 is 1.93 bits per heavy atom. The first kappa shape index (κ1) is 18.1. The molecule has 28 heavy (non-hydrogen) atoms. The molecule has 0 radical (unpaired) electrons. The molecule has 0 atom stereocenters. The molecule has 1 aliphatic heterocycles. The molecular weight excluding hydrogens is 390 g/mol. The molecule has 140 valence electrons. The van der Waals surface area contributed by atoms with Crippen LogP contribution in [0.5, 0.6) is 0 Å². The van der Waals surface area contributed by atoms with E-state index >= 15 is 0 Å². The van der Waals surface area contributed by atoms with Crippen molar-refractivity contribution in [2.75, 3.05) is 0 Å². The van der Waals surface area contributed by atoms with E-state index in [1.165, 1.54) is 17.6 Å². The van der Waals surface area contributed by atoms with Crippen LogP contribution in [0.3, 0.4) is 0 Å². The van der Waals surface area contributed by atoms with E-state index in [0.717, 1.165) is 17.5 Å². The van der Waals surface area contributed by atoms with Crippen LogP contribution in [0.4, 0.5) is 8.78 Å². The highest BCUT2D eigenvalue weighted by Crippen LogP contribution is 2.28. The molecule has 2 heterocycles. The van der Waals surface area contributed by atoms with Crippen molar-refractivity contribution in [1.29, 1.82) is 0 Å². The summed E-state index contributed by atoms with van der Waals surface area (Å²) in [6.07, 6.45) is 3.05. The average molecular weight is 401 g/mol. The summed E-state index contributed by atoms with van der Waals surface area (Å²) in [5.74, 6) is -3.44. The van der Waals surface area contributed by atoms with Crippen molar-refractivity contribution in [3.05, 3.63) is 76.1 Å². The minimum atomic E-state index is -1.14. The van der Waals surface area contributed by atoms with Crippen LogP contribution in [0.15, 0.2) is 53.3 Å². The number of para-hydroxylation sites is 1. The predicted molar refractivity (Wildman–Crippen MR) is 100 cm³/mol. The van der Waals surface area contributed by atoms with Crippen LogP contribution >= 0.6 is 11.6 Å². The number of carbonyl (C=O) groups excluding carboxylic acids is 2. The van der Waals surface area contributed by atoms with E-state index in [2.05, 4.69) is 4.99 Å². The van der Waals surface area contributed by atoms with Crippen molar-refractivity contribution in [3.63, 3.8) is 0 Å². The number of aliphatic imine (C=N–C) groups is 1. The van der Waals surface area contributed by atoms with Gasteiger partial charge in [-0.15, -0.1) is 0 Å². The van der Waals surface area contributed by atoms with Crippen LogP contribution in [0.2, 0.25) is 5.02 Å². The van der Waals surface area contributed by atoms with Crippen LogP contribution in [-0.4, -0.2) is 22.3 Å². The van der Waals surface area contributed by atoms with Gasteiger partial charge in [0, 0.05) is 24.1 Å². The molecule has 0 saturated carbocycles. The summed E-state index contributed by atoms with van der Waals surface area (Å²) in [6.45, 7) is 1.43. The molecule has 4 rings (SSSR count). The molecule has 0 unspecified atom stereocenters. The molecule has 0 fully saturated rings. The summed E-state index contributed by atoms with van der Waals surface area (Å²) in [5.41, 5.74) is 1.17. The summed E-state index contributed by atoms with van der Waals surface area (Å²) in [4.78, 5) is 28.1. The second-order valence-electron chi connectivity index (χ2n) is 6.07. The maximum atomic E-state index is 13.5. The number of esters is 1. The van der Waals surface area contributed by atoms with Crippen molar-refractivity contribution in [2.24, 2.45) is 4.99 Å². The number of ether oxygens (including phenoxy) is 1. The Kier molecular flexibility index (Phi) is 4.31. The number of carbonyl (C=O) groups is 2. The van der Waals surface area contributed by atoms with E-state index in [1.54, 1.807) is 30.5 Å². The molecule has 0 aliphatic carbocycles. The van der Waals surface area contributed by atoms with Crippen molar-refractivity contribution in [3.8, 4) is 0 Å². The van der Waals surface area contributed by atoms with Gasteiger partial charge >= 0.3 is 5.97 Å². The van der Waals surface area contributed by atoms with Crippen LogP contribution in [0.1, 0.15) is 22.8 Å². The lowest BCUT2D eigenvalue weighted by Gasteiger charge is -2.03. The molecule has 1 aromatic heterocycles. The zero-order valence-corrected chi connectivity index (χ0v) is 15.1. The smallest absolute Gasteiger partial charge is 0.363 e. The van der Waals surface area contributed by atoms with Crippen LogP contribution < -0.4 is 0 Å². The summed E-state index contributed by atoms with van der Waals surface area (Å²) in [7, 11) is 0. The standard InChI is InChI=1S/C20H11ClF2N2O3/c1-10(26)25-9-11(12-4-2-3-5-18(12)25)6-17-20(27)28-19(24-17)13-7-15(22)16(23)8-14(13)21/h2-9H,1H3/b17-6+. The number of cyclic esters (lactones) is 1. The number of nitrogens with zero attached hydrogens (tertiary/aromatic N) is 2. The second-order valence-corrected chi connectivity index (χ2v) is 6.48. The Morgan fingerprint density at radius 3 is 2.68 bits per heavy atom. The molecule has 0 saturated heterocycles. The topological polar surface area (TPSA) is 60.7 Å². The lowest BCUT2D eigenvalue weighted by molar-refractivity contribution is -0.129. The highest BCUT2D eigenvalue weighted by molar-refractivity contribution is 6.34. The predicted octanol–water partition coefficient (Wildman–Crippen LogP) is 4.58. The molecule has 5 nitrogen and oxygen atoms in total. The summed E-state index contributed by atoms with van der Waals surface area (Å²) in [6, 6.07) is 8.78. The Bertz CT molecular complexity index is 1230. The molecular formula is C20H11ClF2N2O3. The van der Waals surface area contributed by atoms with Crippen LogP contribution in [-0.2, 0) is 9.53 Å². The first-order valence-electron chi connectivity index (χ1n) is 8.13. The lowest BCUT2D eigenvalue weighted by Crippen LogP contribution is -2.07. The molecule has 8 heteroatoms. The Balaban J connectivity index is 1.81. The van der Waals surface area contributed by atoms with Crippen molar-refractivity contribution < 1.29 is 23.1 Å². The highest BCUT2D eigenvalue weighted by Gasteiger charge is 2.27. The van der Waals surface area contributed by atoms with E-state index in [4.69, 9.17) is 16.3 Å². The van der Waals surface area contributed by atoms with E-state index in [-0.39, 0.29) is 28.1 Å². The largest absolute Gasteiger partial charge is 0.402 e. The summed E-state index contributed by atoms with van der Waals surface area (Å²) in [5, 5.41) is 0.604. The van der Waals surface area contributed by atoms with Crippen molar-refractivity contribution in [1.82, 2.24) is 4.57 Å². The normalized spacial score (nSPS) is 15.2. The number of benzene rings is 2. The molecule has 1 aliphatic rings. The van der Waals surface area contributed by atoms with E-state index < -0.39 is 17.6 Å². The number of halogens is 3. The van der Waals surface area contributed by atoms with Gasteiger partial charge in [-0.3, -0.25) is 9.36 Å². The highest BCUT2D eigenvalue weighted by atomic mass is 35.5. The van der Waals surface area contributed by atoms with Gasteiger partial charge in [0.15, 0.2) is 17.3 Å². The maximum Gasteiger partial charge on any atom is 0.363 e. The first-order chi connectivity index (χ1) is 13.3. The van der Waals surface area contributed by atoms with Gasteiger partial charge in [0.05, 0.1) is 16.1 Å². The fourth-order valence-corrected chi connectivity index (χ4v) is 3.17. The van der Waals surface area contributed by atoms with Gasteiger partial charge < -0.3 is 4.74 Å². The summed E-state index contributed by atoms with van der Waals surface area (Å²) < 4.78 is 33.3. The fraction of sp³-hybridized carbons (Fsp3) is 0.0500. The quantitative estimate of drug-likeness (QED) is 0.359. The van der Waals surface area contributed by atoms with E-state index in [1.807, 2.05) is 0 Å². The third kappa shape index (κ3) is 2.99. The third-order valence-corrected chi connectivity index (χ3v) is 4.55. The zero-order valence-electron chi connectivity index (χ0n) is 14.4. The Hall–Kier alpha value is -3.32. The van der Waals surface area contributed by atoms with Crippen molar-refractivity contribution in [2.45, 2.75) is 6.92 Å². The molecule has 0 spiro atoms. The minimum Gasteiger partial charge on any atom is -0.402 e. The molecule has 0 N–H and O–H groups in total. The summed E-state index contributed by atoms with van der Waals surface area (Å²) >= 11 is 5.91. The van der Waals surface area contributed by atoms with Gasteiger partial charge in [0.25, 0.3) is 0 Å². The Labute approximate surface area is 162 Å². The number of hydrogen-bond donors (Lipinski definition) is 0. The van der Waals surface area contributed by atoms with Crippen molar-refractivity contribution >= 4 is 46.4 Å². The fourth-order valence-electron chi connectivity index (χ4n) is 2.94. The van der Waals surface area contributed by atoms with E-state index in [9.17, 15) is 18.4 Å². The SMILES string of the molecule is CC(=O)n1cc(/C=C2/N=C(c3cc(F)c(F)cc3Cl)OC2=O)c2ccccc21. The Morgan fingerprint density at radius 1 is 1.21 bits per heavy atom. The van der Waals surface area contributed by atoms with Crippen LogP contribution in [0, 0.1) is 11.6 Å². The number of hydrogen-bond acceptors (Lipinski definition) is 4. The molecule has 0 amide bonds. The van der Waals surface area contributed by atoms with Gasteiger partial charge in [-0.1, -0.05) is 29.8 Å². The maximum absolute atomic E-state index is 13.5. The first-order valence-corrected chi connectivity index (χ1v) is 8.51. The number of aromatic nitrogens is 1. The second kappa shape index (κ2) is 6.69. The molecule has 0 bridgehead atoms. The lowest BCUT2D eigenvalue weighted by atomic mass is 10.1.